The monoisotopic (exact) mass is 404 g/mol. The highest BCUT2D eigenvalue weighted by atomic mass is 32.2. The highest BCUT2D eigenvalue weighted by Gasteiger charge is 2.34. The normalized spacial score (nSPS) is 16.1. The Balaban J connectivity index is 1.71. The molecule has 0 unspecified atom stereocenters. The van der Waals surface area contributed by atoms with E-state index in [0.29, 0.717) is 24.6 Å². The minimum atomic E-state index is -3.54. The molecule has 28 heavy (non-hydrogen) atoms. The van der Waals surface area contributed by atoms with E-state index in [1.54, 1.807) is 12.1 Å². The molecule has 150 valence electrons. The molecule has 0 saturated heterocycles. The Hall–Kier alpha value is -2.74. The molecule has 0 aliphatic carbocycles. The maximum atomic E-state index is 12.6. The van der Waals surface area contributed by atoms with Crippen LogP contribution < -0.4 is 19.1 Å². The summed E-state index contributed by atoms with van der Waals surface area (Å²) in [6, 6.07) is 12.7. The third-order valence-electron chi connectivity index (χ3n) is 4.38. The van der Waals surface area contributed by atoms with Crippen molar-refractivity contribution in [1.29, 1.82) is 0 Å². The van der Waals surface area contributed by atoms with Crippen molar-refractivity contribution in [2.24, 2.45) is 0 Å². The molecule has 1 aliphatic heterocycles. The van der Waals surface area contributed by atoms with Gasteiger partial charge < -0.3 is 14.8 Å². The van der Waals surface area contributed by atoms with Gasteiger partial charge in [0.25, 0.3) is 5.91 Å². The lowest BCUT2D eigenvalue weighted by molar-refractivity contribution is -0.127. The first-order chi connectivity index (χ1) is 13.3. The number of ether oxygens (including phenoxy) is 2. The Morgan fingerprint density at radius 2 is 1.96 bits per heavy atom. The lowest BCUT2D eigenvalue weighted by Crippen LogP contribution is -2.50. The van der Waals surface area contributed by atoms with E-state index < -0.39 is 16.1 Å². The average molecular weight is 404 g/mol. The Morgan fingerprint density at radius 3 is 2.61 bits per heavy atom. The second-order valence-electron chi connectivity index (χ2n) is 6.67. The number of anilines is 1. The third-order valence-corrected chi connectivity index (χ3v) is 5.52. The number of nitrogens with one attached hydrogen (secondary N) is 1. The van der Waals surface area contributed by atoms with Crippen molar-refractivity contribution < 1.29 is 22.7 Å². The van der Waals surface area contributed by atoms with Crippen LogP contribution in [-0.4, -0.2) is 39.8 Å². The van der Waals surface area contributed by atoms with Gasteiger partial charge >= 0.3 is 0 Å². The smallest absolute Gasteiger partial charge is 0.263 e. The number of hydrogen-bond donors (Lipinski definition) is 1. The van der Waals surface area contributed by atoms with Crippen molar-refractivity contribution in [3.05, 3.63) is 53.6 Å². The lowest BCUT2D eigenvalue weighted by Gasteiger charge is -2.34. The quantitative estimate of drug-likeness (QED) is 0.798. The molecule has 0 bridgehead atoms. The molecule has 0 radical (unpaired) electrons. The minimum absolute atomic E-state index is 0.0651. The van der Waals surface area contributed by atoms with Crippen LogP contribution in [0.5, 0.6) is 11.5 Å². The van der Waals surface area contributed by atoms with Gasteiger partial charge in [0.05, 0.1) is 25.1 Å². The summed E-state index contributed by atoms with van der Waals surface area (Å²) in [7, 11) is -3.54. The molecule has 1 atom stereocenters. The molecule has 2 aromatic carbocycles. The summed E-state index contributed by atoms with van der Waals surface area (Å²) in [5, 5.41) is 2.81. The topological polar surface area (TPSA) is 84.9 Å². The lowest BCUT2D eigenvalue weighted by atomic mass is 10.1. The molecular weight excluding hydrogens is 380 g/mol. The maximum absolute atomic E-state index is 12.6. The van der Waals surface area contributed by atoms with Gasteiger partial charge in [0.1, 0.15) is 11.5 Å². The molecular formula is C20H24N2O5S. The summed E-state index contributed by atoms with van der Waals surface area (Å²) in [6.07, 6.45) is 0.201. The zero-order valence-electron chi connectivity index (χ0n) is 16.1. The number of carbonyl (C=O) groups excluding carboxylic acids is 1. The number of benzene rings is 2. The van der Waals surface area contributed by atoms with E-state index in [2.05, 4.69) is 5.32 Å². The molecule has 3 rings (SSSR count). The Bertz CT molecular complexity index is 957. The summed E-state index contributed by atoms with van der Waals surface area (Å²) in [5.74, 6) is 0.779. The molecule has 0 saturated carbocycles. The van der Waals surface area contributed by atoms with Gasteiger partial charge in [-0.3, -0.25) is 9.10 Å². The van der Waals surface area contributed by atoms with Gasteiger partial charge in [0, 0.05) is 6.54 Å². The number of nitrogens with zero attached hydrogens (tertiary/aromatic N) is 1. The third kappa shape index (κ3) is 4.56. The average Bonchev–Trinajstić information content (AvgIpc) is 2.65. The fourth-order valence-corrected chi connectivity index (χ4v) is 3.89. The Kier molecular flexibility index (Phi) is 5.79. The molecule has 1 amide bonds. The van der Waals surface area contributed by atoms with Crippen LogP contribution in [0.25, 0.3) is 0 Å². The van der Waals surface area contributed by atoms with Crippen LogP contribution in [0.3, 0.4) is 0 Å². The molecule has 1 heterocycles. The van der Waals surface area contributed by atoms with Crippen LogP contribution in [0.4, 0.5) is 5.69 Å². The van der Waals surface area contributed by atoms with Gasteiger partial charge in [-0.2, -0.15) is 0 Å². The first-order valence-corrected chi connectivity index (χ1v) is 10.9. The minimum Gasteiger partial charge on any atom is -0.494 e. The number of carbonyl (C=O) groups is 1. The number of amides is 1. The molecule has 8 heteroatoms. The van der Waals surface area contributed by atoms with Gasteiger partial charge in [0.2, 0.25) is 10.0 Å². The van der Waals surface area contributed by atoms with E-state index >= 15 is 0 Å². The van der Waals surface area contributed by atoms with E-state index in [9.17, 15) is 13.2 Å². The molecule has 1 aliphatic rings. The molecule has 0 spiro atoms. The molecule has 7 nitrogen and oxygen atoms in total. The highest BCUT2D eigenvalue weighted by molar-refractivity contribution is 7.92. The summed E-state index contributed by atoms with van der Waals surface area (Å²) in [6.45, 7) is 4.62. The summed E-state index contributed by atoms with van der Waals surface area (Å²) in [5.41, 5.74) is 2.27. The van der Waals surface area contributed by atoms with Crippen LogP contribution in [0.2, 0.25) is 0 Å². The Labute approximate surface area is 165 Å². The maximum Gasteiger partial charge on any atom is 0.263 e. The van der Waals surface area contributed by atoms with Gasteiger partial charge in [-0.15, -0.1) is 0 Å². The van der Waals surface area contributed by atoms with Gasteiger partial charge in [0.15, 0.2) is 6.10 Å². The SMILES string of the molecule is CCOc1ccc(CNC(=O)[C@@H]2CN(S(C)(=O)=O)c3cc(C)ccc3O2)cc1. The first kappa shape index (κ1) is 20.0. The molecule has 0 fully saturated rings. The van der Waals surface area contributed by atoms with Gasteiger partial charge in [-0.1, -0.05) is 18.2 Å². The van der Waals surface area contributed by atoms with Crippen molar-refractivity contribution in [3.63, 3.8) is 0 Å². The Morgan fingerprint density at radius 1 is 1.25 bits per heavy atom. The summed E-state index contributed by atoms with van der Waals surface area (Å²) < 4.78 is 36.8. The predicted molar refractivity (Wildman–Crippen MR) is 107 cm³/mol. The number of sulfonamides is 1. The van der Waals surface area contributed by atoms with Crippen molar-refractivity contribution >= 4 is 21.6 Å². The van der Waals surface area contributed by atoms with Crippen LogP contribution in [0.1, 0.15) is 18.1 Å². The fourth-order valence-electron chi connectivity index (χ4n) is 2.99. The largest absolute Gasteiger partial charge is 0.494 e. The van der Waals surface area contributed by atoms with E-state index in [4.69, 9.17) is 9.47 Å². The van der Waals surface area contributed by atoms with Crippen molar-refractivity contribution in [2.45, 2.75) is 26.5 Å². The summed E-state index contributed by atoms with van der Waals surface area (Å²) >= 11 is 0. The number of rotatable bonds is 6. The molecule has 0 aromatic heterocycles. The summed E-state index contributed by atoms with van der Waals surface area (Å²) in [4.78, 5) is 12.6. The van der Waals surface area contributed by atoms with Gasteiger partial charge in [-0.05, 0) is 49.2 Å². The number of aryl methyl sites for hydroxylation is 1. The van der Waals surface area contributed by atoms with E-state index in [1.807, 2.05) is 44.2 Å². The second kappa shape index (κ2) is 8.10. The first-order valence-electron chi connectivity index (χ1n) is 9.02. The van der Waals surface area contributed by atoms with E-state index in [0.717, 1.165) is 23.1 Å². The predicted octanol–water partition coefficient (Wildman–Crippen LogP) is 2.24. The second-order valence-corrected chi connectivity index (χ2v) is 8.57. The van der Waals surface area contributed by atoms with Crippen molar-refractivity contribution in [1.82, 2.24) is 5.32 Å². The molecule has 2 aromatic rings. The van der Waals surface area contributed by atoms with E-state index in [-0.39, 0.29) is 12.5 Å². The zero-order valence-corrected chi connectivity index (χ0v) is 17.0. The van der Waals surface area contributed by atoms with Crippen LogP contribution in [0.15, 0.2) is 42.5 Å². The van der Waals surface area contributed by atoms with Crippen molar-refractivity contribution in [3.8, 4) is 11.5 Å². The standard InChI is InChI=1S/C20H24N2O5S/c1-4-26-16-8-6-15(7-9-16)12-21-20(23)19-13-22(28(3,24)25)17-11-14(2)5-10-18(17)27-19/h5-11,19H,4,12-13H2,1-3H3,(H,21,23)/t19-/m0/s1. The van der Waals surface area contributed by atoms with Crippen LogP contribution in [0, 0.1) is 6.92 Å². The number of fused-ring (bicyclic) bond motifs is 1. The van der Waals surface area contributed by atoms with Crippen molar-refractivity contribution in [2.75, 3.05) is 23.7 Å². The fraction of sp³-hybridized carbons (Fsp3) is 0.350. The highest BCUT2D eigenvalue weighted by Crippen LogP contribution is 2.35. The number of hydrogen-bond acceptors (Lipinski definition) is 5. The molecule has 1 N–H and O–H groups in total. The van der Waals surface area contributed by atoms with Gasteiger partial charge in [-0.25, -0.2) is 8.42 Å². The van der Waals surface area contributed by atoms with E-state index in [1.165, 1.54) is 4.31 Å². The zero-order chi connectivity index (χ0) is 20.3. The van der Waals surface area contributed by atoms with Crippen LogP contribution in [-0.2, 0) is 21.4 Å². The van der Waals surface area contributed by atoms with Crippen LogP contribution >= 0.6 is 0 Å².